The highest BCUT2D eigenvalue weighted by Gasteiger charge is 2.19. The van der Waals surface area contributed by atoms with Crippen LogP contribution in [0.5, 0.6) is 0 Å². The molecule has 0 saturated carbocycles. The first-order valence-corrected chi connectivity index (χ1v) is 8.39. The standard InChI is InChI=1S/C11H18FNSi/c1-14(2,8-7-13)9-10-3-5-11(12)6-4-10/h3-6H,7-9,13H2,1-2H3. The Kier molecular flexibility index (Phi) is 3.83. The molecule has 1 rings (SSSR count). The van der Waals surface area contributed by atoms with Gasteiger partial charge in [0.05, 0.1) is 8.07 Å². The first-order valence-electron chi connectivity index (χ1n) is 4.98. The van der Waals surface area contributed by atoms with E-state index < -0.39 is 8.07 Å². The van der Waals surface area contributed by atoms with E-state index in [1.54, 1.807) is 0 Å². The van der Waals surface area contributed by atoms with Gasteiger partial charge in [0, 0.05) is 0 Å². The zero-order chi connectivity index (χ0) is 10.6. The minimum absolute atomic E-state index is 0.160. The first kappa shape index (κ1) is 11.4. The smallest absolute Gasteiger partial charge is 0.123 e. The molecule has 0 aliphatic rings. The Balaban J connectivity index is 2.64. The van der Waals surface area contributed by atoms with Crippen molar-refractivity contribution >= 4 is 8.07 Å². The summed E-state index contributed by atoms with van der Waals surface area (Å²) in [6, 6.07) is 9.03. The normalized spacial score (nSPS) is 11.7. The molecule has 0 atom stereocenters. The monoisotopic (exact) mass is 211 g/mol. The third-order valence-corrected chi connectivity index (χ3v) is 5.42. The molecule has 0 fully saturated rings. The quantitative estimate of drug-likeness (QED) is 0.761. The molecule has 0 saturated heterocycles. The van der Waals surface area contributed by atoms with Crippen LogP contribution in [0.1, 0.15) is 5.56 Å². The summed E-state index contributed by atoms with van der Waals surface area (Å²) in [6.07, 6.45) is 0. The number of hydrogen-bond donors (Lipinski definition) is 1. The van der Waals surface area contributed by atoms with Crippen LogP contribution in [0.4, 0.5) is 4.39 Å². The van der Waals surface area contributed by atoms with Gasteiger partial charge in [-0.2, -0.15) is 0 Å². The largest absolute Gasteiger partial charge is 0.331 e. The molecule has 14 heavy (non-hydrogen) atoms. The maximum atomic E-state index is 12.7. The molecule has 78 valence electrons. The molecule has 0 aromatic heterocycles. The number of rotatable bonds is 4. The minimum Gasteiger partial charge on any atom is -0.331 e. The van der Waals surface area contributed by atoms with Crippen molar-refractivity contribution in [2.24, 2.45) is 5.73 Å². The van der Waals surface area contributed by atoms with Gasteiger partial charge < -0.3 is 5.73 Å². The molecule has 0 bridgehead atoms. The molecule has 0 aliphatic carbocycles. The van der Waals surface area contributed by atoms with Gasteiger partial charge in [-0.3, -0.25) is 0 Å². The molecule has 0 unspecified atom stereocenters. The van der Waals surface area contributed by atoms with Crippen LogP contribution < -0.4 is 5.73 Å². The summed E-state index contributed by atoms with van der Waals surface area (Å²) in [6.45, 7) is 5.41. The lowest BCUT2D eigenvalue weighted by molar-refractivity contribution is 0.627. The van der Waals surface area contributed by atoms with E-state index in [1.807, 2.05) is 12.1 Å². The number of nitrogens with two attached hydrogens (primary N) is 1. The van der Waals surface area contributed by atoms with Crippen LogP contribution >= 0.6 is 0 Å². The zero-order valence-electron chi connectivity index (χ0n) is 8.89. The molecule has 1 aromatic rings. The summed E-state index contributed by atoms with van der Waals surface area (Å²) in [5, 5.41) is 0. The van der Waals surface area contributed by atoms with Gasteiger partial charge in [0.1, 0.15) is 5.82 Å². The lowest BCUT2D eigenvalue weighted by Gasteiger charge is -2.21. The number of benzene rings is 1. The minimum atomic E-state index is -1.21. The summed E-state index contributed by atoms with van der Waals surface area (Å²) in [5.41, 5.74) is 6.80. The Hall–Kier alpha value is -0.673. The molecule has 1 nitrogen and oxygen atoms in total. The van der Waals surface area contributed by atoms with Crippen LogP contribution in [0.15, 0.2) is 24.3 Å². The van der Waals surface area contributed by atoms with Gasteiger partial charge in [-0.25, -0.2) is 4.39 Å². The Morgan fingerprint density at radius 1 is 1.21 bits per heavy atom. The average molecular weight is 211 g/mol. The molecule has 0 amide bonds. The number of hydrogen-bond acceptors (Lipinski definition) is 1. The SMILES string of the molecule is C[Si](C)(CCN)Cc1ccc(F)cc1. The van der Waals surface area contributed by atoms with E-state index in [0.717, 1.165) is 18.6 Å². The summed E-state index contributed by atoms with van der Waals surface area (Å²) in [5.74, 6) is -0.160. The first-order chi connectivity index (χ1) is 6.53. The van der Waals surface area contributed by atoms with Crippen molar-refractivity contribution < 1.29 is 4.39 Å². The van der Waals surface area contributed by atoms with Crippen LogP contribution in [-0.2, 0) is 6.04 Å². The van der Waals surface area contributed by atoms with Crippen LogP contribution in [0.2, 0.25) is 19.1 Å². The van der Waals surface area contributed by atoms with Gasteiger partial charge in [0.2, 0.25) is 0 Å². The molecular weight excluding hydrogens is 193 g/mol. The zero-order valence-corrected chi connectivity index (χ0v) is 9.89. The fourth-order valence-corrected chi connectivity index (χ4v) is 3.93. The lowest BCUT2D eigenvalue weighted by Crippen LogP contribution is -2.31. The van der Waals surface area contributed by atoms with Gasteiger partial charge in [0.25, 0.3) is 0 Å². The highest BCUT2D eigenvalue weighted by atomic mass is 28.3. The van der Waals surface area contributed by atoms with E-state index in [0.29, 0.717) is 0 Å². The van der Waals surface area contributed by atoms with Gasteiger partial charge >= 0.3 is 0 Å². The molecular formula is C11H18FNSi. The van der Waals surface area contributed by atoms with Gasteiger partial charge in [-0.1, -0.05) is 30.8 Å². The Morgan fingerprint density at radius 3 is 2.29 bits per heavy atom. The van der Waals surface area contributed by atoms with Crippen molar-refractivity contribution in [1.82, 2.24) is 0 Å². The van der Waals surface area contributed by atoms with Crippen LogP contribution in [0, 0.1) is 5.82 Å². The Labute approximate surface area is 86.1 Å². The Morgan fingerprint density at radius 2 is 1.79 bits per heavy atom. The highest BCUT2D eigenvalue weighted by Crippen LogP contribution is 2.15. The summed E-state index contributed by atoms with van der Waals surface area (Å²) in [7, 11) is -1.21. The molecule has 0 radical (unpaired) electrons. The second kappa shape index (κ2) is 4.71. The summed E-state index contributed by atoms with van der Waals surface area (Å²) >= 11 is 0. The predicted octanol–water partition coefficient (Wildman–Crippen LogP) is 2.57. The maximum absolute atomic E-state index is 12.7. The predicted molar refractivity (Wildman–Crippen MR) is 61.4 cm³/mol. The Bertz CT molecular complexity index is 282. The van der Waals surface area contributed by atoms with Crippen molar-refractivity contribution in [1.29, 1.82) is 0 Å². The van der Waals surface area contributed by atoms with Crippen LogP contribution in [0.3, 0.4) is 0 Å². The van der Waals surface area contributed by atoms with Gasteiger partial charge in [-0.05, 0) is 30.8 Å². The molecule has 1 aromatic carbocycles. The molecule has 0 spiro atoms. The number of halogens is 1. The topological polar surface area (TPSA) is 26.0 Å². The molecule has 0 heterocycles. The fourth-order valence-electron chi connectivity index (χ4n) is 1.63. The molecule has 3 heteroatoms. The van der Waals surface area contributed by atoms with E-state index in [-0.39, 0.29) is 5.82 Å². The third-order valence-electron chi connectivity index (χ3n) is 2.42. The van der Waals surface area contributed by atoms with E-state index in [4.69, 9.17) is 5.73 Å². The third kappa shape index (κ3) is 3.60. The summed E-state index contributed by atoms with van der Waals surface area (Å²) < 4.78 is 12.7. The van der Waals surface area contributed by atoms with E-state index >= 15 is 0 Å². The van der Waals surface area contributed by atoms with Gasteiger partial charge in [0.15, 0.2) is 0 Å². The van der Waals surface area contributed by atoms with Crippen molar-refractivity contribution in [3.8, 4) is 0 Å². The summed E-state index contributed by atoms with van der Waals surface area (Å²) in [4.78, 5) is 0. The van der Waals surface area contributed by atoms with Gasteiger partial charge in [-0.15, -0.1) is 0 Å². The fraction of sp³-hybridized carbons (Fsp3) is 0.455. The maximum Gasteiger partial charge on any atom is 0.123 e. The van der Waals surface area contributed by atoms with E-state index in [1.165, 1.54) is 17.7 Å². The van der Waals surface area contributed by atoms with Crippen molar-refractivity contribution in [3.05, 3.63) is 35.6 Å². The molecule has 0 aliphatic heterocycles. The van der Waals surface area contributed by atoms with Crippen molar-refractivity contribution in [2.75, 3.05) is 6.54 Å². The van der Waals surface area contributed by atoms with Crippen LogP contribution in [-0.4, -0.2) is 14.6 Å². The highest BCUT2D eigenvalue weighted by molar-refractivity contribution is 6.76. The van der Waals surface area contributed by atoms with Crippen molar-refractivity contribution in [3.63, 3.8) is 0 Å². The van der Waals surface area contributed by atoms with Crippen LogP contribution in [0.25, 0.3) is 0 Å². The van der Waals surface area contributed by atoms with E-state index in [9.17, 15) is 4.39 Å². The lowest BCUT2D eigenvalue weighted by atomic mass is 10.2. The second-order valence-electron chi connectivity index (χ2n) is 4.51. The second-order valence-corrected chi connectivity index (χ2v) is 9.69. The average Bonchev–Trinajstić information content (AvgIpc) is 2.08. The van der Waals surface area contributed by atoms with E-state index in [2.05, 4.69) is 13.1 Å². The van der Waals surface area contributed by atoms with Crippen molar-refractivity contribution in [2.45, 2.75) is 25.2 Å². The molecule has 2 N–H and O–H groups in total.